The molecule has 1 aromatic rings. The van der Waals surface area contributed by atoms with E-state index in [0.29, 0.717) is 5.92 Å². The topological polar surface area (TPSA) is 26.8 Å². The molecule has 0 aliphatic carbocycles. The van der Waals surface area contributed by atoms with Crippen LogP contribution in [-0.4, -0.2) is 67.4 Å². The van der Waals surface area contributed by atoms with Gasteiger partial charge in [-0.2, -0.15) is 0 Å². The Balaban J connectivity index is 1.52. The number of piperidine rings is 1. The van der Waals surface area contributed by atoms with Crippen LogP contribution in [0.2, 0.25) is 0 Å². The van der Waals surface area contributed by atoms with Crippen molar-refractivity contribution in [1.82, 2.24) is 14.7 Å². The number of nitrogens with zero attached hydrogens (tertiary/aromatic N) is 3. The normalized spacial score (nSPS) is 25.2. The predicted octanol–water partition coefficient (Wildman–Crippen LogP) is 2.45. The lowest BCUT2D eigenvalue weighted by Gasteiger charge is -2.34. The summed E-state index contributed by atoms with van der Waals surface area (Å²) < 4.78 is 13.4. The molecule has 138 valence electrons. The average Bonchev–Trinajstić information content (AvgIpc) is 2.99. The Morgan fingerprint density at radius 1 is 1.28 bits per heavy atom. The quantitative estimate of drug-likeness (QED) is 0.819. The number of rotatable bonds is 5. The number of carbonyl (C=O) groups is 1. The van der Waals surface area contributed by atoms with Gasteiger partial charge in [0.15, 0.2) is 0 Å². The van der Waals surface area contributed by atoms with Crippen LogP contribution < -0.4 is 0 Å². The summed E-state index contributed by atoms with van der Waals surface area (Å²) in [5, 5.41) is 0. The van der Waals surface area contributed by atoms with Crippen LogP contribution in [-0.2, 0) is 11.3 Å². The van der Waals surface area contributed by atoms with Gasteiger partial charge in [0.2, 0.25) is 5.91 Å². The van der Waals surface area contributed by atoms with E-state index in [4.69, 9.17) is 0 Å². The molecule has 5 heteroatoms. The average molecular weight is 347 g/mol. The fraction of sp³-hybridized carbons (Fsp3) is 0.650. The van der Waals surface area contributed by atoms with E-state index in [2.05, 4.69) is 16.8 Å². The maximum atomic E-state index is 13.4. The minimum Gasteiger partial charge on any atom is -0.345 e. The molecule has 2 aliphatic rings. The maximum absolute atomic E-state index is 13.4. The molecule has 1 amide bonds. The van der Waals surface area contributed by atoms with Gasteiger partial charge >= 0.3 is 0 Å². The van der Waals surface area contributed by atoms with Crippen LogP contribution >= 0.6 is 0 Å². The predicted molar refractivity (Wildman–Crippen MR) is 97.6 cm³/mol. The number of carbonyl (C=O) groups excluding carboxylic acids is 1. The Kier molecular flexibility index (Phi) is 6.07. The number of likely N-dealkylation sites (tertiary alicyclic amines) is 2. The van der Waals surface area contributed by atoms with E-state index in [1.807, 2.05) is 18.0 Å². The van der Waals surface area contributed by atoms with Crippen LogP contribution in [0.4, 0.5) is 4.39 Å². The molecule has 0 aromatic heterocycles. The molecule has 2 atom stereocenters. The van der Waals surface area contributed by atoms with Crippen LogP contribution in [0.1, 0.15) is 24.8 Å². The third-order valence-electron chi connectivity index (χ3n) is 5.55. The Morgan fingerprint density at radius 3 is 2.84 bits per heavy atom. The largest absolute Gasteiger partial charge is 0.345 e. The van der Waals surface area contributed by atoms with E-state index < -0.39 is 0 Å². The van der Waals surface area contributed by atoms with Gasteiger partial charge in [-0.1, -0.05) is 12.1 Å². The van der Waals surface area contributed by atoms with E-state index in [-0.39, 0.29) is 17.6 Å². The monoisotopic (exact) mass is 347 g/mol. The van der Waals surface area contributed by atoms with Gasteiger partial charge in [-0.15, -0.1) is 0 Å². The molecule has 4 nitrogen and oxygen atoms in total. The van der Waals surface area contributed by atoms with E-state index in [9.17, 15) is 9.18 Å². The van der Waals surface area contributed by atoms with Crippen molar-refractivity contribution in [1.29, 1.82) is 0 Å². The van der Waals surface area contributed by atoms with Gasteiger partial charge in [-0.3, -0.25) is 9.69 Å². The molecule has 0 N–H and O–H groups in total. The van der Waals surface area contributed by atoms with Gasteiger partial charge in [-0.25, -0.2) is 4.39 Å². The number of hydrogen-bond donors (Lipinski definition) is 0. The van der Waals surface area contributed by atoms with E-state index >= 15 is 0 Å². The Bertz CT molecular complexity index is 594. The second-order valence-corrected chi connectivity index (χ2v) is 7.84. The second kappa shape index (κ2) is 8.28. The van der Waals surface area contributed by atoms with Crippen molar-refractivity contribution in [2.45, 2.75) is 25.8 Å². The van der Waals surface area contributed by atoms with Crippen molar-refractivity contribution in [3.05, 3.63) is 35.6 Å². The minimum atomic E-state index is -0.191. The van der Waals surface area contributed by atoms with Crippen molar-refractivity contribution in [3.63, 3.8) is 0 Å². The highest BCUT2D eigenvalue weighted by Crippen LogP contribution is 2.22. The van der Waals surface area contributed by atoms with Crippen molar-refractivity contribution >= 4 is 5.91 Å². The van der Waals surface area contributed by atoms with Gasteiger partial charge in [-0.05, 0) is 63.0 Å². The number of halogens is 1. The lowest BCUT2D eigenvalue weighted by Crippen LogP contribution is -2.44. The molecule has 2 heterocycles. The summed E-state index contributed by atoms with van der Waals surface area (Å²) in [6.07, 6.45) is 3.18. The lowest BCUT2D eigenvalue weighted by atomic mass is 9.95. The minimum absolute atomic E-state index is 0.0754. The summed E-state index contributed by atoms with van der Waals surface area (Å²) in [6, 6.07) is 6.77. The molecule has 2 saturated heterocycles. The van der Waals surface area contributed by atoms with Crippen LogP contribution in [0.3, 0.4) is 0 Å². The highest BCUT2D eigenvalue weighted by atomic mass is 19.1. The molecule has 3 rings (SSSR count). The number of benzene rings is 1. The zero-order valence-electron chi connectivity index (χ0n) is 15.5. The van der Waals surface area contributed by atoms with Crippen molar-refractivity contribution < 1.29 is 9.18 Å². The molecule has 0 radical (unpaired) electrons. The standard InChI is InChI=1S/C20H30FN3O/c1-22-10-8-17(12-22)13-23(2)20(25)18-6-4-9-24(15-18)14-16-5-3-7-19(21)11-16/h3,5,7,11,17-18H,4,6,8-10,12-15H2,1-2H3. The Morgan fingerprint density at radius 2 is 2.12 bits per heavy atom. The number of amides is 1. The van der Waals surface area contributed by atoms with Gasteiger partial charge in [0.25, 0.3) is 0 Å². The molecule has 0 saturated carbocycles. The molecule has 2 aliphatic heterocycles. The molecule has 1 aromatic carbocycles. The second-order valence-electron chi connectivity index (χ2n) is 7.84. The maximum Gasteiger partial charge on any atom is 0.226 e. The fourth-order valence-corrected chi connectivity index (χ4v) is 4.26. The summed E-state index contributed by atoms with van der Waals surface area (Å²) in [5.41, 5.74) is 0.982. The van der Waals surface area contributed by atoms with Crippen LogP contribution in [0.5, 0.6) is 0 Å². The van der Waals surface area contributed by atoms with Crippen molar-refractivity contribution in [2.75, 3.05) is 46.8 Å². The summed E-state index contributed by atoms with van der Waals surface area (Å²) in [5.74, 6) is 0.763. The molecule has 25 heavy (non-hydrogen) atoms. The highest BCUT2D eigenvalue weighted by Gasteiger charge is 2.30. The number of hydrogen-bond acceptors (Lipinski definition) is 3. The highest BCUT2D eigenvalue weighted by molar-refractivity contribution is 5.79. The Hall–Kier alpha value is -1.46. The molecule has 0 spiro atoms. The third-order valence-corrected chi connectivity index (χ3v) is 5.55. The van der Waals surface area contributed by atoms with Gasteiger partial charge < -0.3 is 9.80 Å². The first-order chi connectivity index (χ1) is 12.0. The fourth-order valence-electron chi connectivity index (χ4n) is 4.26. The molecular weight excluding hydrogens is 317 g/mol. The van der Waals surface area contributed by atoms with Crippen molar-refractivity contribution in [2.24, 2.45) is 11.8 Å². The Labute approximate surface area is 150 Å². The molecular formula is C20H30FN3O. The van der Waals surface area contributed by atoms with E-state index in [1.54, 1.807) is 12.1 Å². The molecule has 2 fully saturated rings. The van der Waals surface area contributed by atoms with Gasteiger partial charge in [0, 0.05) is 33.2 Å². The zero-order chi connectivity index (χ0) is 17.8. The zero-order valence-corrected chi connectivity index (χ0v) is 15.5. The van der Waals surface area contributed by atoms with Crippen LogP contribution in [0.15, 0.2) is 24.3 Å². The summed E-state index contributed by atoms with van der Waals surface area (Å²) in [6.45, 7) is 5.58. The van der Waals surface area contributed by atoms with Gasteiger partial charge in [0.05, 0.1) is 5.92 Å². The lowest BCUT2D eigenvalue weighted by molar-refractivity contribution is -0.136. The molecule has 2 unspecified atom stereocenters. The van der Waals surface area contributed by atoms with Gasteiger partial charge in [0.1, 0.15) is 5.82 Å². The summed E-state index contributed by atoms with van der Waals surface area (Å²) in [7, 11) is 4.10. The molecule has 0 bridgehead atoms. The van der Waals surface area contributed by atoms with E-state index in [1.165, 1.54) is 12.5 Å². The smallest absolute Gasteiger partial charge is 0.226 e. The van der Waals surface area contributed by atoms with E-state index in [0.717, 1.165) is 57.7 Å². The SMILES string of the molecule is CN1CCC(CN(C)C(=O)C2CCCN(Cc3cccc(F)c3)C2)C1. The first-order valence-corrected chi connectivity index (χ1v) is 9.41. The first kappa shape index (κ1) is 18.3. The van der Waals surface area contributed by atoms with Crippen molar-refractivity contribution in [3.8, 4) is 0 Å². The summed E-state index contributed by atoms with van der Waals surface area (Å²) in [4.78, 5) is 19.4. The summed E-state index contributed by atoms with van der Waals surface area (Å²) >= 11 is 0. The van der Waals surface area contributed by atoms with Crippen LogP contribution in [0, 0.1) is 17.7 Å². The van der Waals surface area contributed by atoms with Crippen LogP contribution in [0.25, 0.3) is 0 Å². The first-order valence-electron chi connectivity index (χ1n) is 9.41. The third kappa shape index (κ3) is 5.02.